The topological polar surface area (TPSA) is 59.4 Å². The minimum Gasteiger partial charge on any atom is -0.467 e. The number of esters is 1. The van der Waals surface area contributed by atoms with Crippen LogP contribution in [0.3, 0.4) is 0 Å². The van der Waals surface area contributed by atoms with E-state index in [1.165, 1.54) is 7.11 Å². The Morgan fingerprint density at radius 3 is 2.75 bits per heavy atom. The van der Waals surface area contributed by atoms with Crippen molar-refractivity contribution < 1.29 is 14.6 Å². The van der Waals surface area contributed by atoms with E-state index in [9.17, 15) is 9.90 Å². The molecule has 0 aliphatic heterocycles. The summed E-state index contributed by atoms with van der Waals surface area (Å²) in [6.07, 6.45) is 0.270. The fourth-order valence-electron chi connectivity index (χ4n) is 1.42. The lowest BCUT2D eigenvalue weighted by molar-refractivity contribution is -0.153. The van der Waals surface area contributed by atoms with Gasteiger partial charge in [-0.3, -0.25) is 0 Å². The molecule has 1 aromatic heterocycles. The van der Waals surface area contributed by atoms with Crippen LogP contribution in [-0.2, 0) is 14.9 Å². The molecule has 16 heavy (non-hydrogen) atoms. The van der Waals surface area contributed by atoms with Crippen LogP contribution in [0.4, 0.5) is 0 Å². The zero-order valence-electron chi connectivity index (χ0n) is 9.40. The number of hydrogen-bond donors (Lipinski definition) is 1. The molecule has 0 aliphatic rings. The third-order valence-corrected chi connectivity index (χ3v) is 2.86. The lowest BCUT2D eigenvalue weighted by Crippen LogP contribution is -2.41. The highest BCUT2D eigenvalue weighted by molar-refractivity contribution is 6.30. The first-order valence-electron chi connectivity index (χ1n) is 4.78. The Kier molecular flexibility index (Phi) is 3.88. The number of pyridine rings is 1. The number of ether oxygens (including phenoxy) is 1. The van der Waals surface area contributed by atoms with Gasteiger partial charge >= 0.3 is 5.97 Å². The summed E-state index contributed by atoms with van der Waals surface area (Å²) < 4.78 is 4.51. The van der Waals surface area contributed by atoms with Gasteiger partial charge < -0.3 is 9.84 Å². The molecule has 0 fully saturated rings. The number of methoxy groups -OCH3 is 1. The number of rotatable bonds is 3. The van der Waals surface area contributed by atoms with Gasteiger partial charge in [0.2, 0.25) is 0 Å². The van der Waals surface area contributed by atoms with Crippen LogP contribution >= 0.6 is 11.6 Å². The zero-order chi connectivity index (χ0) is 12.3. The second-order valence-corrected chi connectivity index (χ2v) is 4.35. The second-order valence-electron chi connectivity index (χ2n) is 3.99. The first-order valence-corrected chi connectivity index (χ1v) is 5.16. The molecule has 0 aromatic carbocycles. The number of carbonyl (C=O) groups excluding carboxylic acids is 1. The van der Waals surface area contributed by atoms with Crippen molar-refractivity contribution in [2.45, 2.75) is 25.4 Å². The molecule has 1 atom stereocenters. The molecular formula is C11H14ClNO3. The van der Waals surface area contributed by atoms with Gasteiger partial charge in [0.25, 0.3) is 0 Å². The normalized spacial score (nSPS) is 13.3. The molecule has 1 aromatic rings. The summed E-state index contributed by atoms with van der Waals surface area (Å²) in [5.74, 6) is -0.690. The van der Waals surface area contributed by atoms with Crippen LogP contribution in [0.15, 0.2) is 18.3 Å². The van der Waals surface area contributed by atoms with Crippen LogP contribution in [0.1, 0.15) is 19.4 Å². The number of halogens is 1. The van der Waals surface area contributed by atoms with Crippen molar-refractivity contribution in [2.24, 2.45) is 0 Å². The quantitative estimate of drug-likeness (QED) is 0.646. The van der Waals surface area contributed by atoms with Crippen LogP contribution in [0.5, 0.6) is 0 Å². The summed E-state index contributed by atoms with van der Waals surface area (Å²) in [6, 6.07) is 3.43. The molecule has 1 heterocycles. The van der Waals surface area contributed by atoms with E-state index >= 15 is 0 Å². The number of carbonyl (C=O) groups is 1. The van der Waals surface area contributed by atoms with Gasteiger partial charge in [-0.2, -0.15) is 0 Å². The number of aliphatic hydroxyl groups is 1. The van der Waals surface area contributed by atoms with E-state index in [-0.39, 0.29) is 5.15 Å². The minimum atomic E-state index is -1.28. The Hall–Kier alpha value is -1.13. The van der Waals surface area contributed by atoms with E-state index in [0.717, 1.165) is 0 Å². The van der Waals surface area contributed by atoms with Gasteiger partial charge in [-0.05, 0) is 11.6 Å². The van der Waals surface area contributed by atoms with E-state index in [1.807, 2.05) is 0 Å². The van der Waals surface area contributed by atoms with Crippen molar-refractivity contribution in [1.82, 2.24) is 4.98 Å². The van der Waals surface area contributed by atoms with Gasteiger partial charge in [-0.25, -0.2) is 9.78 Å². The molecule has 0 radical (unpaired) electrons. The highest BCUT2D eigenvalue weighted by Gasteiger charge is 2.37. The molecule has 5 heteroatoms. The summed E-state index contributed by atoms with van der Waals surface area (Å²) in [5, 5.41) is 10.1. The van der Waals surface area contributed by atoms with Crippen molar-refractivity contribution in [1.29, 1.82) is 0 Å². The van der Waals surface area contributed by atoms with Gasteiger partial charge in [0, 0.05) is 11.6 Å². The minimum absolute atomic E-state index is 0.274. The maximum absolute atomic E-state index is 11.3. The van der Waals surface area contributed by atoms with E-state index < -0.39 is 17.5 Å². The molecule has 1 unspecified atom stereocenters. The highest BCUT2D eigenvalue weighted by Crippen LogP contribution is 2.31. The first kappa shape index (κ1) is 12.9. The predicted octanol–water partition coefficient (Wildman–Crippen LogP) is 1.55. The zero-order valence-corrected chi connectivity index (χ0v) is 10.2. The van der Waals surface area contributed by atoms with Crippen molar-refractivity contribution in [3.8, 4) is 0 Å². The van der Waals surface area contributed by atoms with Gasteiger partial charge in [-0.1, -0.05) is 31.5 Å². The number of aliphatic hydroxyl groups excluding tert-OH is 1. The van der Waals surface area contributed by atoms with Crippen molar-refractivity contribution in [3.63, 3.8) is 0 Å². The third-order valence-electron chi connectivity index (χ3n) is 2.56. The monoisotopic (exact) mass is 243 g/mol. The van der Waals surface area contributed by atoms with Crippen LogP contribution in [0, 0.1) is 0 Å². The Balaban J connectivity index is 3.11. The summed E-state index contributed by atoms with van der Waals surface area (Å²) in [5.41, 5.74) is -0.243. The second kappa shape index (κ2) is 4.80. The number of hydrogen-bond acceptors (Lipinski definition) is 4. The standard InChI is InChI=1S/C11H14ClNO3/c1-11(2,8(14)10(15)16-3)7-5-4-6-13-9(7)12/h4-6,8,14H,1-3H3. The summed E-state index contributed by atoms with van der Waals surface area (Å²) in [6.45, 7) is 3.41. The van der Waals surface area contributed by atoms with Crippen molar-refractivity contribution >= 4 is 17.6 Å². The predicted molar refractivity (Wildman–Crippen MR) is 60.3 cm³/mol. The van der Waals surface area contributed by atoms with Crippen LogP contribution in [0.2, 0.25) is 5.15 Å². The van der Waals surface area contributed by atoms with Gasteiger partial charge in [0.15, 0.2) is 6.10 Å². The number of aromatic nitrogens is 1. The maximum Gasteiger partial charge on any atom is 0.335 e. The average molecular weight is 244 g/mol. The summed E-state index contributed by atoms with van der Waals surface area (Å²) in [7, 11) is 1.23. The molecule has 0 spiro atoms. The molecule has 0 saturated heterocycles. The average Bonchev–Trinajstić information content (AvgIpc) is 2.27. The Bertz CT molecular complexity index is 393. The Morgan fingerprint density at radius 2 is 2.25 bits per heavy atom. The van der Waals surface area contributed by atoms with Crippen LogP contribution < -0.4 is 0 Å². The Morgan fingerprint density at radius 1 is 1.62 bits per heavy atom. The lowest BCUT2D eigenvalue weighted by Gasteiger charge is -2.29. The van der Waals surface area contributed by atoms with E-state index in [1.54, 1.807) is 32.2 Å². The van der Waals surface area contributed by atoms with Gasteiger partial charge in [0.05, 0.1) is 7.11 Å². The molecule has 0 bridgehead atoms. The van der Waals surface area contributed by atoms with Gasteiger partial charge in [0.1, 0.15) is 5.15 Å². The molecule has 0 aliphatic carbocycles. The van der Waals surface area contributed by atoms with Crippen LogP contribution in [0.25, 0.3) is 0 Å². The van der Waals surface area contributed by atoms with Gasteiger partial charge in [-0.15, -0.1) is 0 Å². The van der Waals surface area contributed by atoms with E-state index in [0.29, 0.717) is 5.56 Å². The fraction of sp³-hybridized carbons (Fsp3) is 0.455. The van der Waals surface area contributed by atoms with Crippen molar-refractivity contribution in [3.05, 3.63) is 29.0 Å². The smallest absolute Gasteiger partial charge is 0.335 e. The largest absolute Gasteiger partial charge is 0.467 e. The molecule has 4 nitrogen and oxygen atoms in total. The van der Waals surface area contributed by atoms with Crippen molar-refractivity contribution in [2.75, 3.05) is 7.11 Å². The maximum atomic E-state index is 11.3. The summed E-state index contributed by atoms with van der Waals surface area (Å²) >= 11 is 5.93. The fourth-order valence-corrected chi connectivity index (χ4v) is 1.78. The molecule has 88 valence electrons. The van der Waals surface area contributed by atoms with E-state index in [2.05, 4.69) is 9.72 Å². The van der Waals surface area contributed by atoms with E-state index in [4.69, 9.17) is 11.6 Å². The molecular weight excluding hydrogens is 230 g/mol. The summed E-state index contributed by atoms with van der Waals surface area (Å²) in [4.78, 5) is 15.2. The number of nitrogens with zero attached hydrogens (tertiary/aromatic N) is 1. The lowest BCUT2D eigenvalue weighted by atomic mass is 9.80. The molecule has 1 N–H and O–H groups in total. The molecule has 1 rings (SSSR count). The first-order chi connectivity index (χ1) is 7.41. The van der Waals surface area contributed by atoms with Crippen LogP contribution in [-0.4, -0.2) is 29.3 Å². The molecule has 0 amide bonds. The highest BCUT2D eigenvalue weighted by atomic mass is 35.5. The SMILES string of the molecule is COC(=O)C(O)C(C)(C)c1cccnc1Cl. The molecule has 0 saturated carbocycles. The third kappa shape index (κ3) is 2.33. The Labute approximate surface area is 99.2 Å².